The van der Waals surface area contributed by atoms with Crippen LogP contribution in [0, 0.1) is 0 Å². The Bertz CT molecular complexity index is 439. The van der Waals surface area contributed by atoms with Crippen LogP contribution >= 0.6 is 11.3 Å². The van der Waals surface area contributed by atoms with Crippen LogP contribution in [0.4, 0.5) is 0 Å². The van der Waals surface area contributed by atoms with Gasteiger partial charge in [0.15, 0.2) is 0 Å². The molecule has 2 unspecified atom stereocenters. The van der Waals surface area contributed by atoms with Gasteiger partial charge in [0.05, 0.1) is 6.54 Å². The highest BCUT2D eigenvalue weighted by Gasteiger charge is 2.29. The van der Waals surface area contributed by atoms with Gasteiger partial charge < -0.3 is 10.5 Å². The maximum absolute atomic E-state index is 11.9. The number of piperidine rings is 1. The van der Waals surface area contributed by atoms with E-state index in [1.807, 2.05) is 20.8 Å². The quantitative estimate of drug-likeness (QED) is 0.869. The number of rotatable bonds is 3. The summed E-state index contributed by atoms with van der Waals surface area (Å²) in [7, 11) is 0. The minimum atomic E-state index is -0.428. The summed E-state index contributed by atoms with van der Waals surface area (Å²) < 4.78 is 5.38. The first-order valence-corrected chi connectivity index (χ1v) is 7.94. The lowest BCUT2D eigenvalue weighted by molar-refractivity contribution is -0.156. The summed E-state index contributed by atoms with van der Waals surface area (Å²) in [5.41, 5.74) is 5.71. The normalized spacial score (nSPS) is 24.6. The second-order valence-corrected chi connectivity index (χ2v) is 7.47. The summed E-state index contributed by atoms with van der Waals surface area (Å²) >= 11 is 1.76. The first kappa shape index (κ1) is 15.5. The molecule has 2 heterocycles. The largest absolute Gasteiger partial charge is 0.459 e. The Morgan fingerprint density at radius 3 is 2.85 bits per heavy atom. The fraction of sp³-hybridized carbons (Fsp3) is 0.667. The van der Waals surface area contributed by atoms with Crippen molar-refractivity contribution in [1.82, 2.24) is 4.90 Å². The summed E-state index contributed by atoms with van der Waals surface area (Å²) in [4.78, 5) is 15.4. The van der Waals surface area contributed by atoms with Crippen LogP contribution in [0.2, 0.25) is 0 Å². The predicted molar refractivity (Wildman–Crippen MR) is 81.9 cm³/mol. The molecule has 1 fully saturated rings. The van der Waals surface area contributed by atoms with Gasteiger partial charge in [-0.2, -0.15) is 0 Å². The summed E-state index contributed by atoms with van der Waals surface area (Å²) in [6.07, 6.45) is 0.991. The summed E-state index contributed by atoms with van der Waals surface area (Å²) in [6.45, 7) is 7.64. The SMILES string of the molecule is CC(C)(C)OC(=O)CN1CC(N)CC(c2cccs2)C1. The van der Waals surface area contributed by atoms with Gasteiger partial charge in [-0.25, -0.2) is 0 Å². The van der Waals surface area contributed by atoms with E-state index in [4.69, 9.17) is 10.5 Å². The topological polar surface area (TPSA) is 55.6 Å². The van der Waals surface area contributed by atoms with E-state index < -0.39 is 5.60 Å². The molecule has 2 atom stereocenters. The Labute approximate surface area is 124 Å². The number of thiophene rings is 1. The zero-order valence-corrected chi connectivity index (χ0v) is 13.3. The third-order valence-corrected chi connectivity index (χ3v) is 4.31. The lowest BCUT2D eigenvalue weighted by atomic mass is 9.93. The number of carbonyl (C=O) groups is 1. The third kappa shape index (κ3) is 4.58. The van der Waals surface area contributed by atoms with Gasteiger partial charge in [0.1, 0.15) is 5.60 Å². The predicted octanol–water partition coefficient (Wildman–Crippen LogP) is 2.21. The van der Waals surface area contributed by atoms with E-state index in [2.05, 4.69) is 22.4 Å². The van der Waals surface area contributed by atoms with Crippen LogP contribution in [0.25, 0.3) is 0 Å². The molecule has 1 aromatic heterocycles. The molecule has 112 valence electrons. The van der Waals surface area contributed by atoms with Crippen molar-refractivity contribution >= 4 is 17.3 Å². The molecular formula is C15H24N2O2S. The highest BCUT2D eigenvalue weighted by atomic mass is 32.1. The number of likely N-dealkylation sites (tertiary alicyclic amines) is 1. The number of hydrogen-bond donors (Lipinski definition) is 1. The molecule has 0 radical (unpaired) electrons. The average Bonchev–Trinajstić information content (AvgIpc) is 2.78. The van der Waals surface area contributed by atoms with Crippen LogP contribution in [-0.2, 0) is 9.53 Å². The Hall–Kier alpha value is -0.910. The molecule has 2 rings (SSSR count). The van der Waals surface area contributed by atoms with E-state index in [1.165, 1.54) is 4.88 Å². The van der Waals surface area contributed by atoms with Gasteiger partial charge in [-0.15, -0.1) is 11.3 Å². The molecule has 1 saturated heterocycles. The van der Waals surface area contributed by atoms with Gasteiger partial charge in [0.25, 0.3) is 0 Å². The van der Waals surface area contributed by atoms with E-state index in [0.717, 1.165) is 19.5 Å². The molecule has 1 aliphatic heterocycles. The monoisotopic (exact) mass is 296 g/mol. The lowest BCUT2D eigenvalue weighted by Gasteiger charge is -2.35. The number of esters is 1. The number of carbonyl (C=O) groups excluding carboxylic acids is 1. The van der Waals surface area contributed by atoms with Crippen LogP contribution in [0.15, 0.2) is 17.5 Å². The van der Waals surface area contributed by atoms with Gasteiger partial charge in [0.2, 0.25) is 0 Å². The standard InChI is InChI=1S/C15H24N2O2S/c1-15(2,3)19-14(18)10-17-8-11(7-12(16)9-17)13-5-4-6-20-13/h4-6,11-12H,7-10,16H2,1-3H3. The van der Waals surface area contributed by atoms with Crippen LogP contribution in [-0.4, -0.2) is 42.1 Å². The molecule has 0 aliphatic carbocycles. The number of ether oxygens (including phenoxy) is 1. The van der Waals surface area contributed by atoms with E-state index in [0.29, 0.717) is 12.5 Å². The Kier molecular flexibility index (Phi) is 4.83. The molecule has 0 saturated carbocycles. The molecular weight excluding hydrogens is 272 g/mol. The van der Waals surface area contributed by atoms with Crippen LogP contribution in [0.3, 0.4) is 0 Å². The van der Waals surface area contributed by atoms with Gasteiger partial charge in [-0.1, -0.05) is 6.07 Å². The molecule has 5 heteroatoms. The molecule has 0 spiro atoms. The number of nitrogens with zero attached hydrogens (tertiary/aromatic N) is 1. The van der Waals surface area contributed by atoms with Crippen molar-refractivity contribution in [2.75, 3.05) is 19.6 Å². The van der Waals surface area contributed by atoms with Gasteiger partial charge in [0, 0.05) is 29.9 Å². The first-order valence-electron chi connectivity index (χ1n) is 7.06. The Morgan fingerprint density at radius 1 is 1.50 bits per heavy atom. The minimum Gasteiger partial charge on any atom is -0.459 e. The fourth-order valence-corrected chi connectivity index (χ4v) is 3.48. The molecule has 1 aliphatic rings. The van der Waals surface area contributed by atoms with E-state index >= 15 is 0 Å². The number of hydrogen-bond acceptors (Lipinski definition) is 5. The van der Waals surface area contributed by atoms with Crippen molar-refractivity contribution in [3.05, 3.63) is 22.4 Å². The second-order valence-electron chi connectivity index (χ2n) is 6.49. The second kappa shape index (κ2) is 6.24. The maximum Gasteiger partial charge on any atom is 0.320 e. The molecule has 0 aromatic carbocycles. The van der Waals surface area contributed by atoms with Crippen molar-refractivity contribution in [3.63, 3.8) is 0 Å². The van der Waals surface area contributed by atoms with E-state index in [9.17, 15) is 4.79 Å². The molecule has 2 N–H and O–H groups in total. The Morgan fingerprint density at radius 2 is 2.25 bits per heavy atom. The van der Waals surface area contributed by atoms with Crippen molar-refractivity contribution < 1.29 is 9.53 Å². The zero-order chi connectivity index (χ0) is 14.8. The van der Waals surface area contributed by atoms with Gasteiger partial charge in [-0.05, 0) is 38.6 Å². The summed E-state index contributed by atoms with van der Waals surface area (Å²) in [5.74, 6) is 0.262. The summed E-state index contributed by atoms with van der Waals surface area (Å²) in [6, 6.07) is 4.34. The fourth-order valence-electron chi connectivity index (χ4n) is 2.65. The molecule has 4 nitrogen and oxygen atoms in total. The number of nitrogens with two attached hydrogens (primary N) is 1. The van der Waals surface area contributed by atoms with Crippen LogP contribution < -0.4 is 5.73 Å². The molecule has 0 bridgehead atoms. The Balaban J connectivity index is 1.93. The minimum absolute atomic E-state index is 0.123. The van der Waals surface area contributed by atoms with E-state index in [1.54, 1.807) is 11.3 Å². The third-order valence-electron chi connectivity index (χ3n) is 3.28. The van der Waals surface area contributed by atoms with Crippen LogP contribution in [0.5, 0.6) is 0 Å². The maximum atomic E-state index is 11.9. The van der Waals surface area contributed by atoms with E-state index in [-0.39, 0.29) is 12.0 Å². The van der Waals surface area contributed by atoms with Crippen LogP contribution in [0.1, 0.15) is 38.0 Å². The summed E-state index contributed by atoms with van der Waals surface area (Å²) in [5, 5.41) is 2.09. The van der Waals surface area contributed by atoms with Crippen molar-refractivity contribution in [1.29, 1.82) is 0 Å². The average molecular weight is 296 g/mol. The molecule has 1 aromatic rings. The first-order chi connectivity index (χ1) is 9.33. The van der Waals surface area contributed by atoms with Crippen molar-refractivity contribution in [3.8, 4) is 0 Å². The van der Waals surface area contributed by atoms with Gasteiger partial charge >= 0.3 is 5.97 Å². The molecule has 20 heavy (non-hydrogen) atoms. The smallest absolute Gasteiger partial charge is 0.320 e. The highest BCUT2D eigenvalue weighted by Crippen LogP contribution is 2.29. The zero-order valence-electron chi connectivity index (χ0n) is 12.5. The van der Waals surface area contributed by atoms with Gasteiger partial charge in [-0.3, -0.25) is 9.69 Å². The van der Waals surface area contributed by atoms with Crippen molar-refractivity contribution in [2.45, 2.75) is 44.8 Å². The lowest BCUT2D eigenvalue weighted by Crippen LogP contribution is -2.48. The van der Waals surface area contributed by atoms with Crippen molar-refractivity contribution in [2.24, 2.45) is 5.73 Å². The molecule has 0 amide bonds. The highest BCUT2D eigenvalue weighted by molar-refractivity contribution is 7.10.